The first kappa shape index (κ1) is 61.2. The van der Waals surface area contributed by atoms with Gasteiger partial charge in [0.1, 0.15) is 18.8 Å². The number of hydrogen-bond acceptors (Lipinski definition) is 11. The summed E-state index contributed by atoms with van der Waals surface area (Å²) >= 11 is 0. The molecule has 0 bridgehead atoms. The van der Waals surface area contributed by atoms with E-state index in [1.807, 2.05) is 12.2 Å². The van der Waals surface area contributed by atoms with Gasteiger partial charge in [-0.05, 0) is 70.6 Å². The summed E-state index contributed by atoms with van der Waals surface area (Å²) in [7, 11) is 0. The largest absolute Gasteiger partial charge is 0.479 e. The molecule has 1 aliphatic rings. The Kier molecular flexibility index (Phi) is 39.7. The number of carbonyl (C=O) groups is 4. The maximum Gasteiger partial charge on any atom is 0.335 e. The number of carboxylic acid groups (broad SMARTS) is 1. The Morgan fingerprint density at radius 3 is 1.51 bits per heavy atom. The van der Waals surface area contributed by atoms with Gasteiger partial charge in [-0.2, -0.15) is 0 Å². The highest BCUT2D eigenvalue weighted by molar-refractivity contribution is 5.74. The van der Waals surface area contributed by atoms with Gasteiger partial charge in [-0.1, -0.05) is 184 Å². The molecule has 0 radical (unpaired) electrons. The Hall–Kier alpha value is -3.84. The summed E-state index contributed by atoms with van der Waals surface area (Å²) in [5.74, 6) is -3.30. The fraction of sp³-hybridized carbons (Fsp3) is 0.709. The predicted octanol–water partition coefficient (Wildman–Crippen LogP) is 12.2. The van der Waals surface area contributed by atoms with E-state index in [1.165, 1.54) is 51.4 Å². The summed E-state index contributed by atoms with van der Waals surface area (Å²) in [4.78, 5) is 50.7. The SMILES string of the molecule is CC/C=C\C/C=C\C/C=C\C/C=C\C/C=C\CC(=O)OCC(COC1OC(C(=O)O)C(O)C(O)C1OC(=O)CCCCCCCCCCC)OC(=O)CCCCCCC/C=C\CCCCCC. The van der Waals surface area contributed by atoms with Gasteiger partial charge in [0.05, 0.1) is 13.0 Å². The molecule has 0 spiro atoms. The Bertz CT molecular complexity index is 1450. The van der Waals surface area contributed by atoms with Crippen LogP contribution in [0.4, 0.5) is 0 Å². The van der Waals surface area contributed by atoms with Crippen LogP contribution in [-0.2, 0) is 42.9 Å². The smallest absolute Gasteiger partial charge is 0.335 e. The van der Waals surface area contributed by atoms with E-state index in [-0.39, 0.29) is 25.9 Å². The monoisotopic (exact) mass is 943 g/mol. The molecule has 0 aliphatic carbocycles. The van der Waals surface area contributed by atoms with E-state index >= 15 is 0 Å². The second-order valence-electron chi connectivity index (χ2n) is 17.4. The fourth-order valence-electron chi connectivity index (χ4n) is 7.32. The second-order valence-corrected chi connectivity index (χ2v) is 17.4. The van der Waals surface area contributed by atoms with Crippen LogP contribution in [0.25, 0.3) is 0 Å². The van der Waals surface area contributed by atoms with Crippen LogP contribution in [0.1, 0.15) is 201 Å². The Morgan fingerprint density at radius 1 is 0.522 bits per heavy atom. The maximum atomic E-state index is 13.0. The highest BCUT2D eigenvalue weighted by atomic mass is 16.7. The van der Waals surface area contributed by atoms with Crippen molar-refractivity contribution in [2.24, 2.45) is 0 Å². The molecule has 12 nitrogen and oxygen atoms in total. The van der Waals surface area contributed by atoms with Gasteiger partial charge in [0.15, 0.2) is 24.6 Å². The van der Waals surface area contributed by atoms with Gasteiger partial charge in [-0.3, -0.25) is 14.4 Å². The molecule has 6 unspecified atom stereocenters. The third kappa shape index (κ3) is 34.2. The number of carbonyl (C=O) groups excluding carboxylic acids is 3. The third-order valence-electron chi connectivity index (χ3n) is 11.3. The number of unbranched alkanes of at least 4 members (excludes halogenated alkanes) is 17. The van der Waals surface area contributed by atoms with E-state index in [4.69, 9.17) is 23.7 Å². The molecule has 0 amide bonds. The van der Waals surface area contributed by atoms with Crippen LogP contribution in [0.3, 0.4) is 0 Å². The number of carboxylic acids is 1. The molecule has 1 saturated heterocycles. The second kappa shape index (κ2) is 43.4. The molecular weight excluding hydrogens is 853 g/mol. The number of ether oxygens (including phenoxy) is 5. The molecule has 0 saturated carbocycles. The molecule has 0 aromatic carbocycles. The van der Waals surface area contributed by atoms with Gasteiger partial charge in [0.25, 0.3) is 0 Å². The molecule has 1 heterocycles. The fourth-order valence-corrected chi connectivity index (χ4v) is 7.32. The predicted molar refractivity (Wildman–Crippen MR) is 266 cm³/mol. The van der Waals surface area contributed by atoms with Gasteiger partial charge in [-0.15, -0.1) is 0 Å². The maximum absolute atomic E-state index is 13.0. The van der Waals surface area contributed by atoms with Crippen molar-refractivity contribution in [1.29, 1.82) is 0 Å². The number of aliphatic hydroxyl groups is 2. The molecule has 12 heteroatoms. The minimum atomic E-state index is -1.91. The Balaban J connectivity index is 2.80. The van der Waals surface area contributed by atoms with Crippen molar-refractivity contribution in [3.8, 4) is 0 Å². The summed E-state index contributed by atoms with van der Waals surface area (Å²) in [6, 6.07) is 0. The van der Waals surface area contributed by atoms with Gasteiger partial charge in [0, 0.05) is 12.8 Å². The standard InChI is InChI=1S/C55H90O12/c1-4-7-10-13-16-19-21-23-24-26-27-30-32-35-38-41-47(56)63-44-46(65-48(57)42-39-36-34-31-28-25-22-20-17-14-11-8-5-2)45-64-55-53(51(60)50(59)52(67-55)54(61)62)66-49(58)43-40-37-33-29-18-15-12-9-6-3/h7,10,16,19-20,22-24,27,30,35,38,46,50-53,55,59-60H,4-6,8-9,11-15,17-18,21,25-26,28-29,31-34,36-37,39-45H2,1-3H3,(H,61,62)/b10-7-,19-16-,22-20-,24-23-,30-27-,38-35-. The minimum absolute atomic E-state index is 0.0170. The summed E-state index contributed by atoms with van der Waals surface area (Å²) in [5, 5.41) is 31.2. The van der Waals surface area contributed by atoms with Crippen molar-refractivity contribution in [1.82, 2.24) is 0 Å². The van der Waals surface area contributed by atoms with Crippen LogP contribution in [0.5, 0.6) is 0 Å². The molecule has 1 rings (SSSR count). The molecule has 1 fully saturated rings. The summed E-state index contributed by atoms with van der Waals surface area (Å²) in [6.07, 6.45) is 40.8. The zero-order valence-electron chi connectivity index (χ0n) is 41.6. The summed E-state index contributed by atoms with van der Waals surface area (Å²) in [5.41, 5.74) is 0. The zero-order valence-corrected chi connectivity index (χ0v) is 41.6. The van der Waals surface area contributed by atoms with Gasteiger partial charge >= 0.3 is 23.9 Å². The normalized spacial score (nSPS) is 19.4. The lowest BCUT2D eigenvalue weighted by Gasteiger charge is -2.40. The van der Waals surface area contributed by atoms with E-state index in [2.05, 4.69) is 75.5 Å². The number of hydrogen-bond donors (Lipinski definition) is 3. The van der Waals surface area contributed by atoms with Crippen molar-refractivity contribution in [2.75, 3.05) is 13.2 Å². The topological polar surface area (TPSA) is 175 Å². The van der Waals surface area contributed by atoms with Crippen molar-refractivity contribution in [3.63, 3.8) is 0 Å². The van der Waals surface area contributed by atoms with E-state index in [0.717, 1.165) is 89.9 Å². The molecule has 6 atom stereocenters. The number of aliphatic carboxylic acids is 1. The minimum Gasteiger partial charge on any atom is -0.479 e. The van der Waals surface area contributed by atoms with Crippen molar-refractivity contribution >= 4 is 23.9 Å². The van der Waals surface area contributed by atoms with Crippen LogP contribution < -0.4 is 0 Å². The highest BCUT2D eigenvalue weighted by Gasteiger charge is 2.50. The lowest BCUT2D eigenvalue weighted by atomic mass is 9.98. The molecule has 0 aromatic heterocycles. The van der Waals surface area contributed by atoms with Gasteiger partial charge in [0.2, 0.25) is 0 Å². The molecule has 382 valence electrons. The average molecular weight is 943 g/mol. The quantitative estimate of drug-likeness (QED) is 0.0229. The van der Waals surface area contributed by atoms with Gasteiger partial charge < -0.3 is 39.0 Å². The van der Waals surface area contributed by atoms with Gasteiger partial charge in [-0.25, -0.2) is 4.79 Å². The number of esters is 3. The molecule has 67 heavy (non-hydrogen) atoms. The van der Waals surface area contributed by atoms with E-state index in [9.17, 15) is 34.5 Å². The van der Waals surface area contributed by atoms with Crippen LogP contribution >= 0.6 is 0 Å². The first-order valence-corrected chi connectivity index (χ1v) is 25.9. The van der Waals surface area contributed by atoms with Crippen LogP contribution in [0.15, 0.2) is 72.9 Å². The molecule has 3 N–H and O–H groups in total. The van der Waals surface area contributed by atoms with Crippen LogP contribution in [0.2, 0.25) is 0 Å². The summed E-state index contributed by atoms with van der Waals surface area (Å²) < 4.78 is 28.1. The van der Waals surface area contributed by atoms with Crippen molar-refractivity contribution in [2.45, 2.75) is 237 Å². The van der Waals surface area contributed by atoms with E-state index in [1.54, 1.807) is 6.08 Å². The highest BCUT2D eigenvalue weighted by Crippen LogP contribution is 2.26. The van der Waals surface area contributed by atoms with E-state index < -0.39 is 67.3 Å². The molecular formula is C55H90O12. The van der Waals surface area contributed by atoms with Crippen molar-refractivity contribution in [3.05, 3.63) is 72.9 Å². The number of aliphatic hydroxyl groups excluding tert-OH is 2. The first-order valence-electron chi connectivity index (χ1n) is 25.9. The molecule has 0 aromatic rings. The summed E-state index contributed by atoms with van der Waals surface area (Å²) in [6.45, 7) is 5.70. The number of allylic oxidation sites excluding steroid dienone is 11. The molecule has 1 aliphatic heterocycles. The number of rotatable bonds is 42. The third-order valence-corrected chi connectivity index (χ3v) is 11.3. The van der Waals surface area contributed by atoms with Crippen molar-refractivity contribution < 1.29 is 58.2 Å². The zero-order chi connectivity index (χ0) is 49.0. The average Bonchev–Trinajstić information content (AvgIpc) is 3.31. The Labute approximate surface area is 404 Å². The van der Waals surface area contributed by atoms with Crippen LogP contribution in [-0.4, -0.2) is 89.2 Å². The lowest BCUT2D eigenvalue weighted by molar-refractivity contribution is -0.301. The lowest BCUT2D eigenvalue weighted by Crippen LogP contribution is -2.61. The van der Waals surface area contributed by atoms with Crippen LogP contribution in [0, 0.1) is 0 Å². The Morgan fingerprint density at radius 2 is 0.985 bits per heavy atom. The van der Waals surface area contributed by atoms with E-state index in [0.29, 0.717) is 19.3 Å². The first-order chi connectivity index (χ1) is 32.6.